The molecule has 1 aliphatic carbocycles. The summed E-state index contributed by atoms with van der Waals surface area (Å²) in [6.45, 7) is -13.8. The van der Waals surface area contributed by atoms with Crippen LogP contribution in [0.5, 0.6) is 0 Å². The van der Waals surface area contributed by atoms with Crippen molar-refractivity contribution in [1.29, 1.82) is 0 Å². The van der Waals surface area contributed by atoms with E-state index in [4.69, 9.17) is 17.8 Å². The summed E-state index contributed by atoms with van der Waals surface area (Å²) in [5.41, 5.74) is 0.215. The molecular weight excluding hydrogens is 430 g/mol. The number of fused-ring (bicyclic) bond motifs is 2. The van der Waals surface area contributed by atoms with Crippen molar-refractivity contribution in [1.82, 2.24) is 24.6 Å². The minimum Gasteiger partial charge on any atom is -0.378 e. The number of pyridine rings is 3. The molecule has 2 aliphatic rings. The lowest BCUT2D eigenvalue weighted by molar-refractivity contribution is -0.117. The second kappa shape index (κ2) is 8.32. The quantitative estimate of drug-likeness (QED) is 0.478. The van der Waals surface area contributed by atoms with E-state index in [-0.39, 0.29) is 46.0 Å². The molecule has 1 saturated heterocycles. The van der Waals surface area contributed by atoms with E-state index in [1.54, 1.807) is 0 Å². The molecule has 1 N–H and O–H groups in total. The number of carbonyl (C=O) groups is 1. The SMILES string of the molecule is [2H]C([2H])(C)c1ncc(-c2nc3ccc(N4C([2H])([2H])C([2H])([2H])OC([2H])([2H])C4([2H])[2H])cn3n2)c2cc(NC(=O)[C@H]3C[C@H]3C([2H])([2H])[2H])ncc12. The van der Waals surface area contributed by atoms with Gasteiger partial charge in [0, 0.05) is 60.2 Å². The van der Waals surface area contributed by atoms with Crippen LogP contribution in [0.1, 0.15) is 43.7 Å². The Balaban J connectivity index is 1.43. The average Bonchev–Trinajstić information content (AvgIpc) is 3.64. The third-order valence-electron chi connectivity index (χ3n) is 5.62. The van der Waals surface area contributed by atoms with Gasteiger partial charge in [-0.2, -0.15) is 0 Å². The van der Waals surface area contributed by atoms with E-state index >= 15 is 0 Å². The number of hydrogen-bond donors (Lipinski definition) is 1. The molecule has 6 rings (SSSR count). The summed E-state index contributed by atoms with van der Waals surface area (Å²) in [5.74, 6) is -1.88. The Morgan fingerprint density at radius 2 is 2.18 bits per heavy atom. The van der Waals surface area contributed by atoms with Gasteiger partial charge in [-0.3, -0.25) is 9.78 Å². The average molecular weight is 471 g/mol. The van der Waals surface area contributed by atoms with Crippen molar-refractivity contribution in [2.24, 2.45) is 11.8 Å². The molecule has 0 radical (unpaired) electrons. The number of rotatable bonds is 5. The smallest absolute Gasteiger partial charge is 0.228 e. The third kappa shape index (κ3) is 3.75. The minimum atomic E-state index is -3.25. The van der Waals surface area contributed by atoms with Crippen molar-refractivity contribution in [2.75, 3.05) is 36.3 Å². The molecule has 4 aromatic heterocycles. The van der Waals surface area contributed by atoms with Gasteiger partial charge in [-0.05, 0) is 36.9 Å². The maximum absolute atomic E-state index is 12.8. The van der Waals surface area contributed by atoms with E-state index in [9.17, 15) is 4.79 Å². The Morgan fingerprint density at radius 1 is 1.29 bits per heavy atom. The Bertz CT molecular complexity index is 1900. The van der Waals surface area contributed by atoms with Crippen LogP contribution in [0.2, 0.25) is 0 Å². The first-order chi connectivity index (χ1) is 21.5. The fourth-order valence-corrected chi connectivity index (χ4v) is 3.72. The highest BCUT2D eigenvalue weighted by Gasteiger charge is 2.39. The second-order valence-corrected chi connectivity index (χ2v) is 7.81. The van der Waals surface area contributed by atoms with Crippen LogP contribution in [0.4, 0.5) is 11.5 Å². The van der Waals surface area contributed by atoms with Crippen LogP contribution >= 0.6 is 0 Å². The molecule has 34 heavy (non-hydrogen) atoms. The lowest BCUT2D eigenvalue weighted by atomic mass is 10.1. The van der Waals surface area contributed by atoms with E-state index in [2.05, 4.69) is 30.1 Å². The van der Waals surface area contributed by atoms with Gasteiger partial charge in [0.1, 0.15) is 5.82 Å². The molecule has 2 fully saturated rings. The topological polar surface area (TPSA) is 97.5 Å². The Hall–Kier alpha value is -3.59. The van der Waals surface area contributed by atoms with Gasteiger partial charge >= 0.3 is 0 Å². The van der Waals surface area contributed by atoms with Gasteiger partial charge < -0.3 is 15.0 Å². The first-order valence-electron chi connectivity index (χ1n) is 16.9. The number of nitrogens with one attached hydrogen (secondary N) is 1. The van der Waals surface area contributed by atoms with Crippen molar-refractivity contribution in [3.8, 4) is 11.4 Å². The maximum Gasteiger partial charge on any atom is 0.228 e. The van der Waals surface area contributed by atoms with Crippen LogP contribution in [0, 0.1) is 11.8 Å². The van der Waals surface area contributed by atoms with Crippen LogP contribution in [-0.2, 0) is 15.9 Å². The van der Waals surface area contributed by atoms with Gasteiger partial charge in [-0.1, -0.05) is 13.8 Å². The molecule has 174 valence electrons. The largest absolute Gasteiger partial charge is 0.378 e. The molecule has 0 aromatic carbocycles. The highest BCUT2D eigenvalue weighted by molar-refractivity contribution is 6.00. The summed E-state index contributed by atoms with van der Waals surface area (Å²) in [6.07, 6.45) is 2.11. The summed E-state index contributed by atoms with van der Waals surface area (Å²) < 4.78 is 110. The number of hydrogen-bond acceptors (Lipinski definition) is 7. The maximum atomic E-state index is 12.8. The van der Waals surface area contributed by atoms with Gasteiger partial charge in [-0.25, -0.2) is 14.5 Å². The van der Waals surface area contributed by atoms with Crippen LogP contribution < -0.4 is 10.2 Å². The Kier molecular flexibility index (Phi) is 2.75. The Labute approximate surface area is 215 Å². The van der Waals surface area contributed by atoms with Crippen molar-refractivity contribution in [3.05, 3.63) is 42.5 Å². The van der Waals surface area contributed by atoms with Crippen LogP contribution in [0.25, 0.3) is 27.8 Å². The van der Waals surface area contributed by atoms with Crippen LogP contribution in [0.15, 0.2) is 36.8 Å². The highest BCUT2D eigenvalue weighted by Crippen LogP contribution is 2.38. The number of aromatic nitrogens is 5. The summed E-state index contributed by atoms with van der Waals surface area (Å²) >= 11 is 0. The number of amides is 1. The third-order valence-corrected chi connectivity index (χ3v) is 5.62. The molecular formula is C25H27N7O2. The molecule has 1 aliphatic heterocycles. The lowest BCUT2D eigenvalue weighted by Crippen LogP contribution is -2.36. The first kappa shape index (κ1) is 11.2. The second-order valence-electron chi connectivity index (χ2n) is 7.81. The fraction of sp³-hybridized carbons (Fsp3) is 0.400. The zero-order valence-corrected chi connectivity index (χ0v) is 17.8. The molecule has 1 amide bonds. The number of aryl methyl sites for hydroxylation is 1. The van der Waals surface area contributed by atoms with E-state index in [0.717, 1.165) is 10.7 Å². The lowest BCUT2D eigenvalue weighted by Gasteiger charge is -2.28. The van der Waals surface area contributed by atoms with E-state index in [1.807, 2.05) is 0 Å². The van der Waals surface area contributed by atoms with E-state index in [0.29, 0.717) is 10.3 Å². The molecule has 0 unspecified atom stereocenters. The molecule has 5 heterocycles. The summed E-state index contributed by atoms with van der Waals surface area (Å²) in [4.78, 5) is 26.1. The van der Waals surface area contributed by atoms with Gasteiger partial charge in [0.15, 0.2) is 11.5 Å². The normalized spacial score (nSPS) is 32.5. The molecule has 4 aromatic rings. The molecule has 9 nitrogen and oxygen atoms in total. The number of anilines is 2. The molecule has 1 saturated carbocycles. The Morgan fingerprint density at radius 3 is 2.97 bits per heavy atom. The van der Waals surface area contributed by atoms with E-state index in [1.165, 1.54) is 37.5 Å². The van der Waals surface area contributed by atoms with Gasteiger partial charge in [0.05, 0.1) is 36.0 Å². The van der Waals surface area contributed by atoms with Crippen LogP contribution in [0.3, 0.4) is 0 Å². The van der Waals surface area contributed by atoms with Gasteiger partial charge in [0.25, 0.3) is 0 Å². The zero-order chi connectivity index (χ0) is 34.7. The van der Waals surface area contributed by atoms with Gasteiger partial charge in [-0.15, -0.1) is 5.10 Å². The predicted molar refractivity (Wildman–Crippen MR) is 130 cm³/mol. The molecule has 0 spiro atoms. The van der Waals surface area contributed by atoms with Crippen LogP contribution in [-0.4, -0.2) is 56.6 Å². The number of carbonyl (C=O) groups excluding carboxylic acids is 1. The number of ether oxygens (including phenoxy) is 1. The minimum absolute atomic E-state index is 0.0367. The fourth-order valence-electron chi connectivity index (χ4n) is 3.72. The zero-order valence-electron chi connectivity index (χ0n) is 30.8. The summed E-state index contributed by atoms with van der Waals surface area (Å²) in [6, 6.07) is 4.04. The molecule has 0 bridgehead atoms. The summed E-state index contributed by atoms with van der Waals surface area (Å²) in [7, 11) is 0. The number of nitrogens with zero attached hydrogens (tertiary/aromatic N) is 6. The standard InChI is InChI=1S/C25H27N7O2/c1-3-21-19-12-27-22(28-25(33)17-10-15(17)2)11-18(19)20(13-26-21)24-29-23-5-4-16(14-32(23)30-24)31-6-8-34-9-7-31/h4-5,11-15,17H,3,6-10H2,1-2H3,(H,27,28,33)/t15-,17+/m1/s1/i2D3,3D2,6D2,7D2,8D2,9D2. The monoisotopic (exact) mass is 470 g/mol. The molecule has 9 heteroatoms. The van der Waals surface area contributed by atoms with Gasteiger partial charge in [0.2, 0.25) is 5.91 Å². The predicted octanol–water partition coefficient (Wildman–Crippen LogP) is 3.33. The summed E-state index contributed by atoms with van der Waals surface area (Å²) in [5, 5.41) is 7.67. The first-order valence-corrected chi connectivity index (χ1v) is 10.4. The van der Waals surface area contributed by atoms with E-state index < -0.39 is 57.1 Å². The van der Waals surface area contributed by atoms with Crippen molar-refractivity contribution < 1.29 is 27.4 Å². The highest BCUT2D eigenvalue weighted by atomic mass is 16.5. The number of morpholine rings is 1. The molecule has 2 atom stereocenters. The van der Waals surface area contributed by atoms with Crippen molar-refractivity contribution >= 4 is 33.8 Å². The van der Waals surface area contributed by atoms with Crippen molar-refractivity contribution in [3.63, 3.8) is 0 Å². The van der Waals surface area contributed by atoms with Crippen molar-refractivity contribution in [2.45, 2.75) is 26.6 Å².